The Balaban J connectivity index is 1.80. The molecule has 3 nitrogen and oxygen atoms in total. The van der Waals surface area contributed by atoms with Crippen molar-refractivity contribution in [3.05, 3.63) is 34.6 Å². The quantitative estimate of drug-likeness (QED) is 0.876. The van der Waals surface area contributed by atoms with E-state index in [1.165, 1.54) is 18.2 Å². The molecule has 1 saturated carbocycles. The highest BCUT2D eigenvalue weighted by Crippen LogP contribution is 2.27. The maximum Gasteiger partial charge on any atom is 0.232 e. The van der Waals surface area contributed by atoms with Crippen LogP contribution in [0.1, 0.15) is 18.4 Å². The van der Waals surface area contributed by atoms with Crippen LogP contribution < -0.4 is 5.32 Å². The lowest BCUT2D eigenvalue weighted by atomic mass is 10.2. The number of carbonyl (C=O) groups is 1. The molecule has 0 aromatic heterocycles. The van der Waals surface area contributed by atoms with Crippen LogP contribution in [0.3, 0.4) is 0 Å². The summed E-state index contributed by atoms with van der Waals surface area (Å²) in [5, 5.41) is 3.00. The second-order valence-corrected chi connectivity index (χ2v) is 6.58. The molecule has 1 amide bonds. The van der Waals surface area contributed by atoms with Gasteiger partial charge in [-0.3, -0.25) is 9.00 Å². The van der Waals surface area contributed by atoms with Crippen LogP contribution in [0.2, 0.25) is 5.02 Å². The molecule has 19 heavy (non-hydrogen) atoms. The Morgan fingerprint density at radius 1 is 1.47 bits per heavy atom. The van der Waals surface area contributed by atoms with E-state index in [1.807, 2.05) is 0 Å². The van der Waals surface area contributed by atoms with Gasteiger partial charge in [-0.1, -0.05) is 17.7 Å². The maximum absolute atomic E-state index is 12.9. The van der Waals surface area contributed by atoms with E-state index < -0.39 is 16.6 Å². The molecule has 1 fully saturated rings. The predicted molar refractivity (Wildman–Crippen MR) is 73.9 cm³/mol. The molecule has 0 saturated heterocycles. The lowest BCUT2D eigenvalue weighted by Crippen LogP contribution is -2.30. The Kier molecular flexibility index (Phi) is 4.93. The van der Waals surface area contributed by atoms with Gasteiger partial charge in [0.05, 0.1) is 5.75 Å². The molecule has 0 aliphatic heterocycles. The van der Waals surface area contributed by atoms with Gasteiger partial charge in [0, 0.05) is 22.4 Å². The molecule has 0 spiro atoms. The van der Waals surface area contributed by atoms with Gasteiger partial charge < -0.3 is 5.32 Å². The van der Waals surface area contributed by atoms with Crippen molar-refractivity contribution in [1.29, 1.82) is 0 Å². The molecule has 1 aromatic carbocycles. The Morgan fingerprint density at radius 3 is 2.84 bits per heavy atom. The van der Waals surface area contributed by atoms with E-state index in [4.69, 9.17) is 11.6 Å². The van der Waals surface area contributed by atoms with Gasteiger partial charge in [0.15, 0.2) is 0 Å². The van der Waals surface area contributed by atoms with Crippen molar-refractivity contribution < 1.29 is 13.4 Å². The van der Waals surface area contributed by atoms with E-state index in [0.29, 0.717) is 18.0 Å². The Labute approximate surface area is 119 Å². The zero-order valence-electron chi connectivity index (χ0n) is 10.3. The molecule has 1 N–H and O–H groups in total. The molecule has 0 bridgehead atoms. The van der Waals surface area contributed by atoms with Crippen molar-refractivity contribution in [1.82, 2.24) is 5.32 Å². The normalized spacial score (nSPS) is 16.1. The van der Waals surface area contributed by atoms with Crippen LogP contribution in [0.25, 0.3) is 0 Å². The van der Waals surface area contributed by atoms with Crippen LogP contribution in [0.4, 0.5) is 4.39 Å². The summed E-state index contributed by atoms with van der Waals surface area (Å²) in [6, 6.07) is 3.95. The van der Waals surface area contributed by atoms with E-state index in [9.17, 15) is 13.4 Å². The lowest BCUT2D eigenvalue weighted by molar-refractivity contribution is -0.118. The van der Waals surface area contributed by atoms with Gasteiger partial charge >= 0.3 is 0 Å². The van der Waals surface area contributed by atoms with Crippen molar-refractivity contribution in [2.75, 3.05) is 12.3 Å². The van der Waals surface area contributed by atoms with Crippen LogP contribution in [0.15, 0.2) is 18.2 Å². The van der Waals surface area contributed by atoms with E-state index in [0.717, 1.165) is 12.8 Å². The molecule has 2 rings (SSSR count). The summed E-state index contributed by atoms with van der Waals surface area (Å²) in [4.78, 5) is 11.5. The molecule has 1 aliphatic rings. The van der Waals surface area contributed by atoms with Gasteiger partial charge in [0.2, 0.25) is 5.91 Å². The first-order valence-corrected chi connectivity index (χ1v) is 7.97. The lowest BCUT2D eigenvalue weighted by Gasteiger charge is -2.06. The van der Waals surface area contributed by atoms with Gasteiger partial charge in [-0.15, -0.1) is 0 Å². The molecule has 0 unspecified atom stereocenters. The van der Waals surface area contributed by atoms with E-state index in [1.54, 1.807) is 0 Å². The molecule has 0 radical (unpaired) electrons. The maximum atomic E-state index is 12.9. The zero-order chi connectivity index (χ0) is 13.8. The van der Waals surface area contributed by atoms with Gasteiger partial charge in [0.1, 0.15) is 11.6 Å². The topological polar surface area (TPSA) is 46.2 Å². The molecule has 1 aliphatic carbocycles. The van der Waals surface area contributed by atoms with E-state index in [2.05, 4.69) is 5.32 Å². The monoisotopic (exact) mass is 303 g/mol. The van der Waals surface area contributed by atoms with Gasteiger partial charge in [-0.05, 0) is 36.5 Å². The first kappa shape index (κ1) is 14.5. The van der Waals surface area contributed by atoms with E-state index >= 15 is 0 Å². The molecular weight excluding hydrogens is 289 g/mol. The average Bonchev–Trinajstić information content (AvgIpc) is 3.14. The zero-order valence-corrected chi connectivity index (χ0v) is 11.9. The number of hydrogen-bond acceptors (Lipinski definition) is 2. The number of carbonyl (C=O) groups excluding carboxylic acids is 1. The van der Waals surface area contributed by atoms with Crippen molar-refractivity contribution >= 4 is 28.3 Å². The average molecular weight is 304 g/mol. The van der Waals surface area contributed by atoms with Crippen molar-refractivity contribution in [2.24, 2.45) is 5.92 Å². The van der Waals surface area contributed by atoms with Crippen LogP contribution in [0.5, 0.6) is 0 Å². The first-order valence-electron chi connectivity index (χ1n) is 6.10. The van der Waals surface area contributed by atoms with Crippen LogP contribution in [-0.2, 0) is 21.3 Å². The third kappa shape index (κ3) is 4.91. The second kappa shape index (κ2) is 6.48. The first-order chi connectivity index (χ1) is 9.04. The molecule has 1 atom stereocenters. The largest absolute Gasteiger partial charge is 0.355 e. The van der Waals surface area contributed by atoms with Crippen LogP contribution in [-0.4, -0.2) is 22.4 Å². The summed E-state index contributed by atoms with van der Waals surface area (Å²) in [7, 11) is -1.33. The third-order valence-electron chi connectivity index (χ3n) is 2.91. The molecule has 104 valence electrons. The fourth-order valence-electron chi connectivity index (χ4n) is 1.64. The van der Waals surface area contributed by atoms with Gasteiger partial charge in [0.25, 0.3) is 0 Å². The summed E-state index contributed by atoms with van der Waals surface area (Å²) in [6.45, 7) is 0.674. The minimum absolute atomic E-state index is 0.0412. The third-order valence-corrected chi connectivity index (χ3v) is 4.48. The summed E-state index contributed by atoms with van der Waals surface area (Å²) in [5.41, 5.74) is 0.594. The van der Waals surface area contributed by atoms with E-state index in [-0.39, 0.29) is 22.4 Å². The molecule has 1 aromatic rings. The fraction of sp³-hybridized carbons (Fsp3) is 0.462. The number of hydrogen-bond donors (Lipinski definition) is 1. The molecule has 0 heterocycles. The highest BCUT2D eigenvalue weighted by molar-refractivity contribution is 7.84. The summed E-state index contributed by atoms with van der Waals surface area (Å²) in [5.74, 6) is 0.0882. The number of halogens is 2. The number of nitrogens with one attached hydrogen (secondary N) is 1. The number of rotatable bonds is 6. The molecular formula is C13H15ClFNO2S. The minimum atomic E-state index is -1.33. The second-order valence-electron chi connectivity index (χ2n) is 4.71. The predicted octanol–water partition coefficient (Wildman–Crippen LogP) is 2.25. The van der Waals surface area contributed by atoms with Gasteiger partial charge in [-0.25, -0.2) is 4.39 Å². The highest BCUT2D eigenvalue weighted by atomic mass is 35.5. The van der Waals surface area contributed by atoms with Gasteiger partial charge in [-0.2, -0.15) is 0 Å². The Bertz CT molecular complexity index is 505. The Morgan fingerprint density at radius 2 is 2.21 bits per heavy atom. The van der Waals surface area contributed by atoms with Crippen LogP contribution in [0, 0.1) is 11.7 Å². The smallest absolute Gasteiger partial charge is 0.232 e. The SMILES string of the molecule is O=C(C[S@@](=O)Cc1ccc(F)cc1Cl)NCC1CC1. The number of amides is 1. The number of benzene rings is 1. The van der Waals surface area contributed by atoms with Crippen molar-refractivity contribution in [3.63, 3.8) is 0 Å². The van der Waals surface area contributed by atoms with Crippen molar-refractivity contribution in [3.8, 4) is 0 Å². The van der Waals surface area contributed by atoms with Crippen LogP contribution >= 0.6 is 11.6 Å². The van der Waals surface area contributed by atoms with Crippen molar-refractivity contribution in [2.45, 2.75) is 18.6 Å². The highest BCUT2D eigenvalue weighted by Gasteiger charge is 2.22. The summed E-state index contributed by atoms with van der Waals surface area (Å²) >= 11 is 5.85. The standard InChI is InChI=1S/C13H15ClFNO2S/c14-12-5-11(15)4-3-10(12)7-19(18)8-13(17)16-6-9-1-2-9/h3-5,9H,1-2,6-8H2,(H,16,17)/t19-/m0/s1. The minimum Gasteiger partial charge on any atom is -0.355 e. The summed E-state index contributed by atoms with van der Waals surface area (Å²) in [6.07, 6.45) is 2.32. The fourth-order valence-corrected chi connectivity index (χ4v) is 3.05. The Hall–Kier alpha value is -0.940. The molecule has 6 heteroatoms. The summed E-state index contributed by atoms with van der Waals surface area (Å²) < 4.78 is 24.7.